The second kappa shape index (κ2) is 7.97. The van der Waals surface area contributed by atoms with Gasteiger partial charge < -0.3 is 4.52 Å². The minimum Gasteiger partial charge on any atom is -0.321 e. The molecule has 0 amide bonds. The fraction of sp³-hybridized carbons (Fsp3) is 0.0870. The number of nitrogens with zero attached hydrogens (tertiary/aromatic N) is 2. The SMILES string of the molecule is CCOP1(=O)C(c2ccccc2)=CN(c2ccccc2)N=C1c1ccccc1. The van der Waals surface area contributed by atoms with E-state index in [4.69, 9.17) is 9.63 Å². The Morgan fingerprint density at radius 1 is 0.821 bits per heavy atom. The maximum Gasteiger partial charge on any atom is 0.283 e. The third kappa shape index (κ3) is 3.45. The molecule has 5 heteroatoms. The number of benzene rings is 3. The highest BCUT2D eigenvalue weighted by Gasteiger charge is 2.40. The molecular formula is C23H21N2O2P. The molecule has 0 radical (unpaired) electrons. The predicted molar refractivity (Wildman–Crippen MR) is 116 cm³/mol. The standard InChI is InChI=1S/C23H21N2O2P/c1-2-27-28(26)22(19-12-6-3-7-13-19)18-25(21-16-10-5-11-17-21)24-23(28)20-14-8-4-9-15-20/h3-18H,2H2,1H3. The fourth-order valence-corrected chi connectivity index (χ4v) is 5.50. The molecule has 1 aliphatic heterocycles. The molecule has 1 unspecified atom stereocenters. The van der Waals surface area contributed by atoms with Gasteiger partial charge >= 0.3 is 0 Å². The van der Waals surface area contributed by atoms with Gasteiger partial charge in [0.05, 0.1) is 17.6 Å². The van der Waals surface area contributed by atoms with Crippen LogP contribution in [0.1, 0.15) is 18.1 Å². The van der Waals surface area contributed by atoms with Crippen molar-refractivity contribution in [1.82, 2.24) is 0 Å². The maximum absolute atomic E-state index is 14.2. The van der Waals surface area contributed by atoms with E-state index in [9.17, 15) is 4.57 Å². The van der Waals surface area contributed by atoms with Gasteiger partial charge in [-0.2, -0.15) is 5.10 Å². The number of hydrogen-bond acceptors (Lipinski definition) is 4. The lowest BCUT2D eigenvalue weighted by molar-refractivity contribution is 0.350. The largest absolute Gasteiger partial charge is 0.321 e. The first-order valence-electron chi connectivity index (χ1n) is 9.23. The summed E-state index contributed by atoms with van der Waals surface area (Å²) >= 11 is 0. The highest BCUT2D eigenvalue weighted by Crippen LogP contribution is 2.63. The average Bonchev–Trinajstić information content (AvgIpc) is 2.76. The van der Waals surface area contributed by atoms with Gasteiger partial charge in [0.15, 0.2) is 5.45 Å². The molecular weight excluding hydrogens is 367 g/mol. The Hall–Kier alpha value is -2.94. The zero-order chi connectivity index (χ0) is 19.4. The molecule has 3 aromatic rings. The van der Waals surface area contributed by atoms with Crippen LogP contribution in [0.5, 0.6) is 0 Å². The third-order valence-electron chi connectivity index (χ3n) is 4.48. The maximum atomic E-state index is 14.2. The fourth-order valence-electron chi connectivity index (χ4n) is 3.19. The van der Waals surface area contributed by atoms with E-state index in [1.807, 2.05) is 104 Å². The summed E-state index contributed by atoms with van der Waals surface area (Å²) in [5.41, 5.74) is 3.01. The quantitative estimate of drug-likeness (QED) is 0.490. The molecule has 1 atom stereocenters. The number of rotatable bonds is 5. The van der Waals surface area contributed by atoms with Gasteiger partial charge in [-0.15, -0.1) is 0 Å². The lowest BCUT2D eigenvalue weighted by Gasteiger charge is -2.30. The van der Waals surface area contributed by atoms with Crippen LogP contribution in [0.3, 0.4) is 0 Å². The third-order valence-corrected chi connectivity index (χ3v) is 7.01. The lowest BCUT2D eigenvalue weighted by Crippen LogP contribution is -2.21. The van der Waals surface area contributed by atoms with Crippen LogP contribution < -0.4 is 5.01 Å². The van der Waals surface area contributed by atoms with Crippen LogP contribution in [-0.4, -0.2) is 12.1 Å². The summed E-state index contributed by atoms with van der Waals surface area (Å²) in [4.78, 5) is 0. The molecule has 0 saturated carbocycles. The number of hydrazone groups is 1. The van der Waals surface area contributed by atoms with Gasteiger partial charge in [-0.3, -0.25) is 4.57 Å². The van der Waals surface area contributed by atoms with E-state index in [1.165, 1.54) is 0 Å². The van der Waals surface area contributed by atoms with E-state index in [-0.39, 0.29) is 0 Å². The molecule has 1 heterocycles. The summed E-state index contributed by atoms with van der Waals surface area (Å²) in [6, 6.07) is 29.2. The lowest BCUT2D eigenvalue weighted by atomic mass is 10.2. The van der Waals surface area contributed by atoms with Crippen molar-refractivity contribution in [1.29, 1.82) is 0 Å². The molecule has 140 valence electrons. The van der Waals surface area contributed by atoms with Crippen LogP contribution in [0.4, 0.5) is 5.69 Å². The molecule has 0 bridgehead atoms. The number of anilines is 1. The molecule has 0 fully saturated rings. The molecule has 0 aromatic heterocycles. The normalized spacial score (nSPS) is 19.1. The van der Waals surface area contributed by atoms with Crippen molar-refractivity contribution in [3.05, 3.63) is 108 Å². The van der Waals surface area contributed by atoms with E-state index < -0.39 is 7.37 Å². The van der Waals surface area contributed by atoms with Crippen molar-refractivity contribution < 1.29 is 9.09 Å². The predicted octanol–water partition coefficient (Wildman–Crippen LogP) is 6.18. The van der Waals surface area contributed by atoms with Gasteiger partial charge in [0.1, 0.15) is 0 Å². The van der Waals surface area contributed by atoms with Crippen LogP contribution >= 0.6 is 7.37 Å². The monoisotopic (exact) mass is 388 g/mol. The van der Waals surface area contributed by atoms with Crippen molar-refractivity contribution in [2.24, 2.45) is 5.10 Å². The first-order chi connectivity index (χ1) is 13.7. The van der Waals surface area contributed by atoms with Crippen LogP contribution in [0.2, 0.25) is 0 Å². The van der Waals surface area contributed by atoms with Crippen LogP contribution in [-0.2, 0) is 9.09 Å². The van der Waals surface area contributed by atoms with E-state index in [0.717, 1.165) is 16.8 Å². The average molecular weight is 388 g/mol. The molecule has 1 aliphatic rings. The first-order valence-corrected chi connectivity index (χ1v) is 10.9. The molecule has 0 saturated heterocycles. The molecule has 28 heavy (non-hydrogen) atoms. The summed E-state index contributed by atoms with van der Waals surface area (Å²) in [6.07, 6.45) is 1.83. The topological polar surface area (TPSA) is 41.9 Å². The highest BCUT2D eigenvalue weighted by molar-refractivity contribution is 7.86. The Kier molecular flexibility index (Phi) is 5.25. The Balaban J connectivity index is 1.94. The molecule has 0 aliphatic carbocycles. The van der Waals surface area contributed by atoms with Gasteiger partial charge in [-0.05, 0) is 24.6 Å². The highest BCUT2D eigenvalue weighted by atomic mass is 31.2. The second-order valence-corrected chi connectivity index (χ2v) is 8.59. The summed E-state index contributed by atoms with van der Waals surface area (Å²) in [7, 11) is -3.37. The molecule has 4 nitrogen and oxygen atoms in total. The van der Waals surface area contributed by atoms with E-state index in [0.29, 0.717) is 17.4 Å². The van der Waals surface area contributed by atoms with Crippen LogP contribution in [0.15, 0.2) is 102 Å². The molecule has 4 rings (SSSR count). The number of para-hydroxylation sites is 1. The summed E-state index contributed by atoms with van der Waals surface area (Å²) in [5, 5.41) is 7.18. The van der Waals surface area contributed by atoms with Crippen molar-refractivity contribution in [3.63, 3.8) is 0 Å². The Labute approximate surface area is 165 Å². The zero-order valence-electron chi connectivity index (χ0n) is 15.6. The van der Waals surface area contributed by atoms with Gasteiger partial charge in [0.25, 0.3) is 7.37 Å². The van der Waals surface area contributed by atoms with E-state index >= 15 is 0 Å². The minimum atomic E-state index is -3.37. The van der Waals surface area contributed by atoms with Crippen molar-refractivity contribution >= 4 is 23.8 Å². The summed E-state index contributed by atoms with van der Waals surface area (Å²) in [5.74, 6) is 0. The summed E-state index contributed by atoms with van der Waals surface area (Å²) < 4.78 is 20.1. The van der Waals surface area contributed by atoms with Crippen molar-refractivity contribution in [3.8, 4) is 0 Å². The second-order valence-electron chi connectivity index (χ2n) is 6.32. The Bertz CT molecular complexity index is 986. The minimum absolute atomic E-state index is 0.332. The first kappa shape index (κ1) is 18.4. The number of hydrogen-bond donors (Lipinski definition) is 0. The van der Waals surface area contributed by atoms with Crippen molar-refractivity contribution in [2.75, 3.05) is 11.6 Å². The van der Waals surface area contributed by atoms with E-state index in [1.54, 1.807) is 5.01 Å². The molecule has 0 spiro atoms. The Morgan fingerprint density at radius 3 is 1.93 bits per heavy atom. The van der Waals surface area contributed by atoms with Gasteiger partial charge in [-0.1, -0.05) is 78.9 Å². The van der Waals surface area contributed by atoms with Gasteiger partial charge in [0.2, 0.25) is 0 Å². The van der Waals surface area contributed by atoms with Crippen LogP contribution in [0.25, 0.3) is 5.31 Å². The Morgan fingerprint density at radius 2 is 1.36 bits per heavy atom. The zero-order valence-corrected chi connectivity index (χ0v) is 16.5. The van der Waals surface area contributed by atoms with Crippen LogP contribution in [0, 0.1) is 0 Å². The molecule has 0 N–H and O–H groups in total. The van der Waals surface area contributed by atoms with Crippen molar-refractivity contribution in [2.45, 2.75) is 6.92 Å². The summed E-state index contributed by atoms with van der Waals surface area (Å²) in [6.45, 7) is 2.19. The van der Waals surface area contributed by atoms with E-state index in [2.05, 4.69) is 0 Å². The molecule has 3 aromatic carbocycles. The van der Waals surface area contributed by atoms with Gasteiger partial charge in [-0.25, -0.2) is 5.01 Å². The van der Waals surface area contributed by atoms with Gasteiger partial charge in [0, 0.05) is 11.8 Å². The smallest absolute Gasteiger partial charge is 0.283 e.